The standard InChI is InChI=1S/C15H22N2/c1-12(2)17-11-14-8-15(17)10-16(14)9-13-6-4-3-5-7-13/h3-7,12,14-15H,8-11H2,1-2H3. The molecule has 2 nitrogen and oxygen atoms in total. The molecule has 0 N–H and O–H groups in total. The summed E-state index contributed by atoms with van der Waals surface area (Å²) < 4.78 is 0. The number of benzene rings is 1. The van der Waals surface area contributed by atoms with Crippen molar-refractivity contribution in [3.63, 3.8) is 0 Å². The molecule has 0 aromatic heterocycles. The second-order valence-electron chi connectivity index (χ2n) is 5.75. The maximum absolute atomic E-state index is 2.67. The summed E-state index contributed by atoms with van der Waals surface area (Å²) in [6.45, 7) is 8.31. The van der Waals surface area contributed by atoms with Gasteiger partial charge in [0, 0.05) is 37.8 Å². The first-order chi connectivity index (χ1) is 8.24. The minimum atomic E-state index is 0.712. The Morgan fingerprint density at radius 2 is 1.88 bits per heavy atom. The molecule has 2 heteroatoms. The van der Waals surface area contributed by atoms with Crippen molar-refractivity contribution < 1.29 is 0 Å². The Bertz CT molecular complexity index is 374. The Kier molecular flexibility index (Phi) is 2.93. The number of nitrogens with zero attached hydrogens (tertiary/aromatic N) is 2. The van der Waals surface area contributed by atoms with Crippen LogP contribution >= 0.6 is 0 Å². The van der Waals surface area contributed by atoms with Gasteiger partial charge in [0.2, 0.25) is 0 Å². The fraction of sp³-hybridized carbons (Fsp3) is 0.600. The van der Waals surface area contributed by atoms with E-state index in [1.165, 1.54) is 25.1 Å². The lowest BCUT2D eigenvalue weighted by atomic mass is 10.2. The van der Waals surface area contributed by atoms with Gasteiger partial charge in [-0.05, 0) is 25.8 Å². The van der Waals surface area contributed by atoms with E-state index in [9.17, 15) is 0 Å². The highest BCUT2D eigenvalue weighted by Crippen LogP contribution is 2.32. The average Bonchev–Trinajstić information content (AvgIpc) is 2.89. The molecule has 0 spiro atoms. The van der Waals surface area contributed by atoms with E-state index < -0.39 is 0 Å². The molecule has 17 heavy (non-hydrogen) atoms. The van der Waals surface area contributed by atoms with Crippen LogP contribution in [0.2, 0.25) is 0 Å². The maximum atomic E-state index is 2.67. The molecule has 2 bridgehead atoms. The van der Waals surface area contributed by atoms with Crippen LogP contribution in [0.3, 0.4) is 0 Å². The predicted octanol–water partition coefficient (Wildman–Crippen LogP) is 2.35. The molecule has 92 valence electrons. The summed E-state index contributed by atoms with van der Waals surface area (Å²) in [6.07, 6.45) is 1.38. The summed E-state index contributed by atoms with van der Waals surface area (Å²) in [5.41, 5.74) is 1.45. The van der Waals surface area contributed by atoms with E-state index in [1.807, 2.05) is 0 Å². The molecule has 0 aliphatic carbocycles. The van der Waals surface area contributed by atoms with E-state index >= 15 is 0 Å². The minimum absolute atomic E-state index is 0.712. The number of rotatable bonds is 3. The van der Waals surface area contributed by atoms with Crippen molar-refractivity contribution in [1.82, 2.24) is 9.80 Å². The van der Waals surface area contributed by atoms with Crippen LogP contribution in [0, 0.1) is 0 Å². The molecule has 2 atom stereocenters. The van der Waals surface area contributed by atoms with Crippen molar-refractivity contribution in [2.24, 2.45) is 0 Å². The van der Waals surface area contributed by atoms with Crippen molar-refractivity contribution in [3.8, 4) is 0 Å². The van der Waals surface area contributed by atoms with Crippen LogP contribution in [-0.2, 0) is 6.54 Å². The van der Waals surface area contributed by atoms with Crippen molar-refractivity contribution in [1.29, 1.82) is 0 Å². The van der Waals surface area contributed by atoms with Crippen LogP contribution in [0.15, 0.2) is 30.3 Å². The molecule has 2 heterocycles. The third-order valence-electron chi connectivity index (χ3n) is 4.29. The normalized spacial score (nSPS) is 29.4. The zero-order valence-corrected chi connectivity index (χ0v) is 10.8. The zero-order valence-electron chi connectivity index (χ0n) is 10.8. The Labute approximate surface area is 104 Å². The first-order valence-corrected chi connectivity index (χ1v) is 6.78. The van der Waals surface area contributed by atoms with Gasteiger partial charge in [0.25, 0.3) is 0 Å². The molecule has 2 unspecified atom stereocenters. The van der Waals surface area contributed by atoms with Crippen molar-refractivity contribution in [3.05, 3.63) is 35.9 Å². The lowest BCUT2D eigenvalue weighted by Gasteiger charge is -2.36. The highest BCUT2D eigenvalue weighted by Gasteiger charge is 2.43. The van der Waals surface area contributed by atoms with Crippen LogP contribution in [0.5, 0.6) is 0 Å². The maximum Gasteiger partial charge on any atom is 0.0242 e. The second kappa shape index (κ2) is 4.43. The third kappa shape index (κ3) is 2.12. The van der Waals surface area contributed by atoms with Crippen LogP contribution in [0.1, 0.15) is 25.8 Å². The lowest BCUT2D eigenvalue weighted by Crippen LogP contribution is -2.48. The number of fused-ring (bicyclic) bond motifs is 2. The van der Waals surface area contributed by atoms with Crippen LogP contribution in [0.25, 0.3) is 0 Å². The Morgan fingerprint density at radius 3 is 2.47 bits per heavy atom. The van der Waals surface area contributed by atoms with E-state index in [0.717, 1.165) is 18.6 Å². The van der Waals surface area contributed by atoms with Gasteiger partial charge in [-0.3, -0.25) is 9.80 Å². The van der Waals surface area contributed by atoms with Crippen LogP contribution in [0.4, 0.5) is 0 Å². The van der Waals surface area contributed by atoms with E-state index in [4.69, 9.17) is 0 Å². The number of hydrogen-bond acceptors (Lipinski definition) is 2. The van der Waals surface area contributed by atoms with Gasteiger partial charge in [0.1, 0.15) is 0 Å². The molecule has 2 fully saturated rings. The van der Waals surface area contributed by atoms with E-state index in [2.05, 4.69) is 54.0 Å². The van der Waals surface area contributed by atoms with Gasteiger partial charge in [0.15, 0.2) is 0 Å². The second-order valence-corrected chi connectivity index (χ2v) is 5.75. The summed E-state index contributed by atoms with van der Waals surface area (Å²) >= 11 is 0. The summed E-state index contributed by atoms with van der Waals surface area (Å²) in [6, 6.07) is 13.2. The zero-order chi connectivity index (χ0) is 11.8. The first kappa shape index (κ1) is 11.2. The van der Waals surface area contributed by atoms with Gasteiger partial charge >= 0.3 is 0 Å². The number of hydrogen-bond donors (Lipinski definition) is 0. The number of piperazine rings is 1. The van der Waals surface area contributed by atoms with E-state index in [-0.39, 0.29) is 0 Å². The lowest BCUT2D eigenvalue weighted by molar-refractivity contribution is 0.0999. The molecule has 1 aromatic rings. The molecule has 0 saturated carbocycles. The first-order valence-electron chi connectivity index (χ1n) is 6.78. The van der Waals surface area contributed by atoms with Gasteiger partial charge in [-0.1, -0.05) is 30.3 Å². The summed E-state index contributed by atoms with van der Waals surface area (Å²) in [5, 5.41) is 0. The van der Waals surface area contributed by atoms with Crippen LogP contribution < -0.4 is 0 Å². The number of likely N-dealkylation sites (tertiary alicyclic amines) is 2. The molecule has 1 aromatic carbocycles. The smallest absolute Gasteiger partial charge is 0.0242 e. The minimum Gasteiger partial charge on any atom is -0.295 e. The molecule has 0 amide bonds. The van der Waals surface area contributed by atoms with Gasteiger partial charge in [-0.15, -0.1) is 0 Å². The predicted molar refractivity (Wildman–Crippen MR) is 70.9 cm³/mol. The van der Waals surface area contributed by atoms with Gasteiger partial charge in [-0.2, -0.15) is 0 Å². The van der Waals surface area contributed by atoms with E-state index in [0.29, 0.717) is 6.04 Å². The van der Waals surface area contributed by atoms with Crippen molar-refractivity contribution in [2.45, 2.75) is 44.9 Å². The van der Waals surface area contributed by atoms with Crippen LogP contribution in [-0.4, -0.2) is 41.0 Å². The summed E-state index contributed by atoms with van der Waals surface area (Å²) in [5.74, 6) is 0. The third-order valence-corrected chi connectivity index (χ3v) is 4.29. The highest BCUT2D eigenvalue weighted by molar-refractivity contribution is 5.15. The Morgan fingerprint density at radius 1 is 1.12 bits per heavy atom. The quantitative estimate of drug-likeness (QED) is 0.786. The summed E-state index contributed by atoms with van der Waals surface area (Å²) in [4.78, 5) is 5.34. The monoisotopic (exact) mass is 230 g/mol. The SMILES string of the molecule is CC(C)N1CC2CC1CN2Cc1ccccc1. The highest BCUT2D eigenvalue weighted by atomic mass is 15.4. The molecule has 2 aliphatic rings. The Hall–Kier alpha value is -0.860. The molecular formula is C15H22N2. The molecule has 3 rings (SSSR count). The Balaban J connectivity index is 1.63. The molecule has 2 saturated heterocycles. The van der Waals surface area contributed by atoms with Gasteiger partial charge in [0.05, 0.1) is 0 Å². The van der Waals surface area contributed by atoms with Gasteiger partial charge in [-0.25, -0.2) is 0 Å². The van der Waals surface area contributed by atoms with E-state index in [1.54, 1.807) is 0 Å². The van der Waals surface area contributed by atoms with Crippen molar-refractivity contribution >= 4 is 0 Å². The van der Waals surface area contributed by atoms with Crippen molar-refractivity contribution in [2.75, 3.05) is 13.1 Å². The average molecular weight is 230 g/mol. The molecule has 2 aliphatic heterocycles. The topological polar surface area (TPSA) is 6.48 Å². The fourth-order valence-electron chi connectivity index (χ4n) is 3.42. The largest absolute Gasteiger partial charge is 0.295 e. The molecule has 0 radical (unpaired) electrons. The van der Waals surface area contributed by atoms with Gasteiger partial charge < -0.3 is 0 Å². The fourth-order valence-corrected chi connectivity index (χ4v) is 3.42. The molecular weight excluding hydrogens is 208 g/mol. The summed E-state index contributed by atoms with van der Waals surface area (Å²) in [7, 11) is 0.